The molecule has 23 heavy (non-hydrogen) atoms. The van der Waals surface area contributed by atoms with E-state index in [1.165, 1.54) is 10.4 Å². The molecule has 0 amide bonds. The number of rotatable bonds is 6. The van der Waals surface area contributed by atoms with Gasteiger partial charge in [0, 0.05) is 30.6 Å². The number of guanidine groups is 1. The Morgan fingerprint density at radius 1 is 1.35 bits per heavy atom. The molecule has 1 aromatic carbocycles. The molecule has 2 rings (SSSR count). The lowest BCUT2D eigenvalue weighted by Gasteiger charge is -2.19. The topological polar surface area (TPSA) is 45.7 Å². The number of nitrogens with zero attached hydrogens (tertiary/aromatic N) is 1. The van der Waals surface area contributed by atoms with Crippen molar-refractivity contribution in [3.05, 3.63) is 56.7 Å². The quantitative estimate of drug-likeness (QED) is 0.615. The maximum Gasteiger partial charge on any atom is 0.191 e. The largest absolute Gasteiger partial charge is 0.375 e. The van der Waals surface area contributed by atoms with Crippen molar-refractivity contribution in [2.45, 2.75) is 19.6 Å². The van der Waals surface area contributed by atoms with Crippen LogP contribution in [0.4, 0.5) is 0 Å². The van der Waals surface area contributed by atoms with Gasteiger partial charge in [0.05, 0.1) is 12.6 Å². The van der Waals surface area contributed by atoms with E-state index in [2.05, 4.69) is 34.0 Å². The maximum absolute atomic E-state index is 6.05. The molecule has 124 valence electrons. The minimum atomic E-state index is -0.0873. The monoisotopic (exact) mass is 351 g/mol. The summed E-state index contributed by atoms with van der Waals surface area (Å²) in [6, 6.07) is 9.83. The van der Waals surface area contributed by atoms with Crippen LogP contribution in [0, 0.1) is 6.92 Å². The molecule has 0 radical (unpaired) electrons. The van der Waals surface area contributed by atoms with E-state index < -0.39 is 0 Å². The molecular formula is C17H22ClN3OS. The summed E-state index contributed by atoms with van der Waals surface area (Å²) in [6.07, 6.45) is -0.0873. The average Bonchev–Trinajstić information content (AvgIpc) is 2.96. The zero-order valence-electron chi connectivity index (χ0n) is 13.6. The highest BCUT2D eigenvalue weighted by molar-refractivity contribution is 7.10. The summed E-state index contributed by atoms with van der Waals surface area (Å²) in [5.74, 6) is 0.752. The van der Waals surface area contributed by atoms with E-state index >= 15 is 0 Å². The van der Waals surface area contributed by atoms with E-state index in [9.17, 15) is 0 Å². The normalized spacial score (nSPS) is 13.0. The van der Waals surface area contributed by atoms with E-state index in [0.717, 1.165) is 18.1 Å². The van der Waals surface area contributed by atoms with Crippen LogP contribution in [0.2, 0.25) is 5.02 Å². The van der Waals surface area contributed by atoms with Crippen molar-refractivity contribution in [3.8, 4) is 0 Å². The van der Waals surface area contributed by atoms with Gasteiger partial charge >= 0.3 is 0 Å². The Bertz CT molecular complexity index is 657. The third kappa shape index (κ3) is 5.23. The standard InChI is InChI=1S/C17H22ClN3OS/c1-12-7-8-23-16(12)11-21-17(19-2)20-10-15(22-3)13-5-4-6-14(18)9-13/h4-9,15H,10-11H2,1-3H3,(H2,19,20,21). The van der Waals surface area contributed by atoms with Gasteiger partial charge in [-0.2, -0.15) is 0 Å². The first-order chi connectivity index (χ1) is 11.1. The summed E-state index contributed by atoms with van der Waals surface area (Å²) in [6.45, 7) is 3.49. The Balaban J connectivity index is 1.90. The van der Waals surface area contributed by atoms with E-state index in [1.807, 2.05) is 24.3 Å². The molecule has 2 N–H and O–H groups in total. The van der Waals surface area contributed by atoms with Crippen LogP contribution in [0.25, 0.3) is 0 Å². The lowest BCUT2D eigenvalue weighted by atomic mass is 10.1. The van der Waals surface area contributed by atoms with Crippen molar-refractivity contribution < 1.29 is 4.74 Å². The van der Waals surface area contributed by atoms with Crippen LogP contribution in [-0.2, 0) is 11.3 Å². The predicted octanol–water partition coefficient (Wildman–Crippen LogP) is 3.76. The lowest BCUT2D eigenvalue weighted by molar-refractivity contribution is 0.106. The molecule has 1 aromatic heterocycles. The van der Waals surface area contributed by atoms with Crippen LogP contribution in [-0.4, -0.2) is 26.7 Å². The SMILES string of the molecule is CN=C(NCc1sccc1C)NCC(OC)c1cccc(Cl)c1. The molecule has 0 bridgehead atoms. The Morgan fingerprint density at radius 3 is 2.78 bits per heavy atom. The second-order valence-electron chi connectivity index (χ2n) is 5.11. The number of ether oxygens (including phenoxy) is 1. The van der Waals surface area contributed by atoms with Gasteiger partial charge in [-0.05, 0) is 41.6 Å². The highest BCUT2D eigenvalue weighted by Gasteiger charge is 2.12. The van der Waals surface area contributed by atoms with Crippen LogP contribution in [0.3, 0.4) is 0 Å². The first kappa shape index (κ1) is 17.8. The van der Waals surface area contributed by atoms with Gasteiger partial charge in [0.25, 0.3) is 0 Å². The Morgan fingerprint density at radius 2 is 2.17 bits per heavy atom. The van der Waals surface area contributed by atoms with Gasteiger partial charge in [-0.25, -0.2) is 0 Å². The number of methoxy groups -OCH3 is 1. The minimum absolute atomic E-state index is 0.0873. The van der Waals surface area contributed by atoms with E-state index in [0.29, 0.717) is 11.6 Å². The summed E-state index contributed by atoms with van der Waals surface area (Å²) in [5, 5.41) is 9.43. The first-order valence-corrected chi connectivity index (χ1v) is 8.65. The molecule has 0 saturated carbocycles. The van der Waals surface area contributed by atoms with E-state index in [1.54, 1.807) is 25.5 Å². The molecule has 0 saturated heterocycles. The Labute approximate surface area is 146 Å². The summed E-state index contributed by atoms with van der Waals surface area (Å²) in [5.41, 5.74) is 2.34. The van der Waals surface area contributed by atoms with Crippen molar-refractivity contribution in [2.75, 3.05) is 20.7 Å². The highest BCUT2D eigenvalue weighted by atomic mass is 35.5. The molecule has 6 heteroatoms. The maximum atomic E-state index is 6.05. The van der Waals surface area contributed by atoms with Crippen LogP contribution < -0.4 is 10.6 Å². The van der Waals surface area contributed by atoms with Gasteiger partial charge in [-0.1, -0.05) is 23.7 Å². The summed E-state index contributed by atoms with van der Waals surface area (Å²) < 4.78 is 5.55. The van der Waals surface area contributed by atoms with Crippen molar-refractivity contribution in [3.63, 3.8) is 0 Å². The molecule has 0 fully saturated rings. The molecule has 1 heterocycles. The molecule has 0 spiro atoms. The predicted molar refractivity (Wildman–Crippen MR) is 98.5 cm³/mol. The van der Waals surface area contributed by atoms with Gasteiger partial charge in [0.1, 0.15) is 0 Å². The van der Waals surface area contributed by atoms with Gasteiger partial charge in [0.2, 0.25) is 0 Å². The molecule has 0 aliphatic heterocycles. The molecular weight excluding hydrogens is 330 g/mol. The minimum Gasteiger partial charge on any atom is -0.375 e. The zero-order valence-corrected chi connectivity index (χ0v) is 15.2. The molecule has 2 aromatic rings. The Hall–Kier alpha value is -1.56. The molecule has 0 aliphatic rings. The number of aliphatic imine (C=N–C) groups is 1. The van der Waals surface area contributed by atoms with Crippen molar-refractivity contribution in [1.82, 2.24) is 10.6 Å². The fourth-order valence-corrected chi connectivity index (χ4v) is 3.25. The molecule has 1 atom stereocenters. The second kappa shape index (κ2) is 8.91. The van der Waals surface area contributed by atoms with Crippen molar-refractivity contribution in [1.29, 1.82) is 0 Å². The fourth-order valence-electron chi connectivity index (χ4n) is 2.20. The van der Waals surface area contributed by atoms with Gasteiger partial charge in [-0.15, -0.1) is 11.3 Å². The number of benzene rings is 1. The summed E-state index contributed by atoms with van der Waals surface area (Å²) in [7, 11) is 3.45. The Kier molecular flexibility index (Phi) is 6.89. The smallest absolute Gasteiger partial charge is 0.191 e. The third-order valence-corrected chi connectivity index (χ3v) is 4.83. The third-order valence-electron chi connectivity index (χ3n) is 3.57. The highest BCUT2D eigenvalue weighted by Crippen LogP contribution is 2.19. The van der Waals surface area contributed by atoms with E-state index in [-0.39, 0.29) is 6.10 Å². The van der Waals surface area contributed by atoms with Crippen molar-refractivity contribution in [2.24, 2.45) is 4.99 Å². The van der Waals surface area contributed by atoms with Gasteiger partial charge in [-0.3, -0.25) is 4.99 Å². The second-order valence-corrected chi connectivity index (χ2v) is 6.55. The van der Waals surface area contributed by atoms with E-state index in [4.69, 9.17) is 16.3 Å². The number of nitrogens with one attached hydrogen (secondary N) is 2. The lowest BCUT2D eigenvalue weighted by Crippen LogP contribution is -2.39. The van der Waals surface area contributed by atoms with Crippen LogP contribution in [0.15, 0.2) is 40.7 Å². The average molecular weight is 352 g/mol. The summed E-state index contributed by atoms with van der Waals surface area (Å²) >= 11 is 7.79. The number of thiophene rings is 1. The zero-order chi connectivity index (χ0) is 16.7. The molecule has 1 unspecified atom stereocenters. The number of halogens is 1. The van der Waals surface area contributed by atoms with Crippen LogP contribution in [0.5, 0.6) is 0 Å². The molecule has 0 aliphatic carbocycles. The number of hydrogen-bond donors (Lipinski definition) is 2. The fraction of sp³-hybridized carbons (Fsp3) is 0.353. The number of aryl methyl sites for hydroxylation is 1. The number of hydrogen-bond acceptors (Lipinski definition) is 3. The van der Waals surface area contributed by atoms with Crippen LogP contribution in [0.1, 0.15) is 22.1 Å². The molecule has 4 nitrogen and oxygen atoms in total. The van der Waals surface area contributed by atoms with Gasteiger partial charge in [0.15, 0.2) is 5.96 Å². The summed E-state index contributed by atoms with van der Waals surface area (Å²) in [4.78, 5) is 5.56. The first-order valence-electron chi connectivity index (χ1n) is 7.39. The van der Waals surface area contributed by atoms with Crippen LogP contribution >= 0.6 is 22.9 Å². The van der Waals surface area contributed by atoms with Crippen molar-refractivity contribution >= 4 is 28.9 Å². The van der Waals surface area contributed by atoms with Gasteiger partial charge < -0.3 is 15.4 Å².